The lowest BCUT2D eigenvalue weighted by molar-refractivity contribution is -0.121. The van der Waals surface area contributed by atoms with Gasteiger partial charge in [0, 0.05) is 24.9 Å². The Morgan fingerprint density at radius 1 is 0.833 bits per heavy atom. The highest BCUT2D eigenvalue weighted by atomic mass is 16.1. The van der Waals surface area contributed by atoms with Crippen molar-refractivity contribution in [3.63, 3.8) is 0 Å². The van der Waals surface area contributed by atoms with E-state index in [-0.39, 0.29) is 5.91 Å². The van der Waals surface area contributed by atoms with Crippen molar-refractivity contribution in [3.05, 3.63) is 84.4 Å². The van der Waals surface area contributed by atoms with E-state index in [1.54, 1.807) is 0 Å². The van der Waals surface area contributed by atoms with Gasteiger partial charge in [0.1, 0.15) is 5.52 Å². The van der Waals surface area contributed by atoms with Crippen LogP contribution in [-0.2, 0) is 17.8 Å². The van der Waals surface area contributed by atoms with E-state index in [9.17, 15) is 4.79 Å². The summed E-state index contributed by atoms with van der Waals surface area (Å²) in [7, 11) is 0. The summed E-state index contributed by atoms with van der Waals surface area (Å²) in [5.74, 6) is 0.0469. The third kappa shape index (κ3) is 3.50. The van der Waals surface area contributed by atoms with Gasteiger partial charge in [-0.25, -0.2) is 9.97 Å². The number of hydrogen-bond acceptors (Lipinski definition) is 3. The van der Waals surface area contributed by atoms with Gasteiger partial charge in [-0.05, 0) is 30.2 Å². The van der Waals surface area contributed by atoms with Crippen molar-refractivity contribution in [2.24, 2.45) is 0 Å². The molecule has 0 fully saturated rings. The zero-order valence-corrected chi connectivity index (χ0v) is 16.6. The third-order valence-corrected chi connectivity index (χ3v) is 5.40. The van der Waals surface area contributed by atoms with Crippen LogP contribution >= 0.6 is 0 Å². The Labute approximate surface area is 174 Å². The molecule has 0 radical (unpaired) electrons. The SMILES string of the molecule is O=C(CCn1c2ccccc2c2nc3ccccc3nc21)NCCc1ccccc1. The summed E-state index contributed by atoms with van der Waals surface area (Å²) in [5.41, 5.74) is 5.73. The fraction of sp³-hybridized carbons (Fsp3) is 0.160. The van der Waals surface area contributed by atoms with E-state index < -0.39 is 0 Å². The molecule has 5 heteroatoms. The van der Waals surface area contributed by atoms with Crippen molar-refractivity contribution in [1.82, 2.24) is 19.9 Å². The Bertz CT molecular complexity index is 1340. The van der Waals surface area contributed by atoms with Gasteiger partial charge in [0.05, 0.1) is 16.6 Å². The van der Waals surface area contributed by atoms with Crippen LogP contribution in [0.1, 0.15) is 12.0 Å². The van der Waals surface area contributed by atoms with Crippen molar-refractivity contribution in [2.75, 3.05) is 6.54 Å². The fourth-order valence-electron chi connectivity index (χ4n) is 3.90. The first kappa shape index (κ1) is 18.3. The van der Waals surface area contributed by atoms with Gasteiger partial charge in [0.15, 0.2) is 5.65 Å². The molecule has 0 spiro atoms. The fourth-order valence-corrected chi connectivity index (χ4v) is 3.90. The van der Waals surface area contributed by atoms with Gasteiger partial charge in [0.25, 0.3) is 0 Å². The second kappa shape index (κ2) is 7.95. The standard InChI is InChI=1S/C25H22N4O/c30-23(26-16-14-18-8-2-1-3-9-18)15-17-29-22-13-7-4-10-19(22)24-25(29)28-21-12-6-5-11-20(21)27-24/h1-13H,14-17H2,(H,26,30). The number of benzene rings is 3. The summed E-state index contributed by atoms with van der Waals surface area (Å²) in [4.78, 5) is 22.2. The molecule has 0 saturated carbocycles. The van der Waals surface area contributed by atoms with Crippen LogP contribution in [0.3, 0.4) is 0 Å². The molecule has 1 N–H and O–H groups in total. The Morgan fingerprint density at radius 2 is 1.53 bits per heavy atom. The van der Waals surface area contributed by atoms with Crippen molar-refractivity contribution in [2.45, 2.75) is 19.4 Å². The molecule has 2 heterocycles. The number of fused-ring (bicyclic) bond motifs is 4. The normalized spacial score (nSPS) is 11.3. The molecule has 0 saturated heterocycles. The van der Waals surface area contributed by atoms with E-state index in [0.29, 0.717) is 19.5 Å². The van der Waals surface area contributed by atoms with E-state index in [4.69, 9.17) is 9.97 Å². The quantitative estimate of drug-likeness (QED) is 0.462. The lowest BCUT2D eigenvalue weighted by Crippen LogP contribution is -2.26. The highest BCUT2D eigenvalue weighted by Gasteiger charge is 2.15. The predicted molar refractivity (Wildman–Crippen MR) is 120 cm³/mol. The minimum absolute atomic E-state index is 0.0469. The van der Waals surface area contributed by atoms with Gasteiger partial charge in [0.2, 0.25) is 5.91 Å². The number of nitrogens with one attached hydrogen (secondary N) is 1. The second-order valence-corrected chi connectivity index (χ2v) is 7.39. The maximum absolute atomic E-state index is 12.5. The zero-order chi connectivity index (χ0) is 20.3. The van der Waals surface area contributed by atoms with Crippen LogP contribution in [0.5, 0.6) is 0 Å². The molecule has 1 amide bonds. The molecule has 5 rings (SSSR count). The molecule has 0 aliphatic heterocycles. The molecule has 0 atom stereocenters. The summed E-state index contributed by atoms with van der Waals surface area (Å²) in [6.45, 7) is 1.20. The van der Waals surface area contributed by atoms with Crippen LogP contribution in [0.2, 0.25) is 0 Å². The average molecular weight is 394 g/mol. The van der Waals surface area contributed by atoms with Gasteiger partial charge in [-0.15, -0.1) is 0 Å². The van der Waals surface area contributed by atoms with Crippen molar-refractivity contribution < 1.29 is 4.79 Å². The van der Waals surface area contributed by atoms with Gasteiger partial charge in [-0.1, -0.05) is 60.7 Å². The van der Waals surface area contributed by atoms with Crippen LogP contribution < -0.4 is 5.32 Å². The van der Waals surface area contributed by atoms with E-state index in [2.05, 4.69) is 34.1 Å². The van der Waals surface area contributed by atoms with E-state index in [1.807, 2.05) is 54.6 Å². The maximum Gasteiger partial charge on any atom is 0.221 e. The van der Waals surface area contributed by atoms with E-state index in [1.165, 1.54) is 5.56 Å². The Hall–Kier alpha value is -3.73. The molecule has 5 nitrogen and oxygen atoms in total. The summed E-state index contributed by atoms with van der Waals surface area (Å²) in [5, 5.41) is 4.10. The zero-order valence-electron chi connectivity index (χ0n) is 16.6. The first-order chi connectivity index (χ1) is 14.8. The Kier molecular flexibility index (Phi) is 4.85. The lowest BCUT2D eigenvalue weighted by Gasteiger charge is -2.08. The van der Waals surface area contributed by atoms with Gasteiger partial charge in [-0.2, -0.15) is 0 Å². The highest BCUT2D eigenvalue weighted by Crippen LogP contribution is 2.28. The lowest BCUT2D eigenvalue weighted by atomic mass is 10.1. The molecule has 0 aliphatic rings. The molecule has 30 heavy (non-hydrogen) atoms. The number of rotatable bonds is 6. The first-order valence-electron chi connectivity index (χ1n) is 10.2. The van der Waals surface area contributed by atoms with E-state index >= 15 is 0 Å². The number of carbonyl (C=O) groups excluding carboxylic acids is 1. The molecule has 5 aromatic rings. The van der Waals surface area contributed by atoms with Crippen LogP contribution in [-0.4, -0.2) is 27.0 Å². The molecule has 0 bridgehead atoms. The number of nitrogens with zero attached hydrogens (tertiary/aromatic N) is 3. The van der Waals surface area contributed by atoms with Gasteiger partial charge >= 0.3 is 0 Å². The number of para-hydroxylation sites is 3. The van der Waals surface area contributed by atoms with Crippen LogP contribution in [0.4, 0.5) is 0 Å². The molecular formula is C25H22N4O. The number of aryl methyl sites for hydroxylation is 1. The second-order valence-electron chi connectivity index (χ2n) is 7.39. The average Bonchev–Trinajstić information content (AvgIpc) is 3.09. The third-order valence-electron chi connectivity index (χ3n) is 5.40. The monoisotopic (exact) mass is 394 g/mol. The summed E-state index contributed by atoms with van der Waals surface area (Å²) in [6.07, 6.45) is 1.23. The summed E-state index contributed by atoms with van der Waals surface area (Å²) >= 11 is 0. The highest BCUT2D eigenvalue weighted by molar-refractivity contribution is 6.06. The minimum Gasteiger partial charge on any atom is -0.356 e. The van der Waals surface area contributed by atoms with Crippen molar-refractivity contribution in [3.8, 4) is 0 Å². The smallest absolute Gasteiger partial charge is 0.221 e. The van der Waals surface area contributed by atoms with Gasteiger partial charge in [-0.3, -0.25) is 4.79 Å². The molecule has 3 aromatic carbocycles. The topological polar surface area (TPSA) is 59.8 Å². The molecule has 2 aromatic heterocycles. The van der Waals surface area contributed by atoms with Crippen LogP contribution in [0, 0.1) is 0 Å². The molecular weight excluding hydrogens is 372 g/mol. The number of hydrogen-bond donors (Lipinski definition) is 1. The Balaban J connectivity index is 1.38. The van der Waals surface area contributed by atoms with Gasteiger partial charge < -0.3 is 9.88 Å². The van der Waals surface area contributed by atoms with E-state index in [0.717, 1.165) is 39.5 Å². The van der Waals surface area contributed by atoms with Crippen molar-refractivity contribution in [1.29, 1.82) is 0 Å². The minimum atomic E-state index is 0.0469. The Morgan fingerprint density at radius 3 is 2.37 bits per heavy atom. The number of aromatic nitrogens is 3. The molecule has 0 unspecified atom stereocenters. The summed E-state index contributed by atoms with van der Waals surface area (Å²) < 4.78 is 2.11. The number of carbonyl (C=O) groups is 1. The molecule has 0 aliphatic carbocycles. The number of amides is 1. The van der Waals surface area contributed by atoms with Crippen molar-refractivity contribution >= 4 is 39.0 Å². The predicted octanol–water partition coefficient (Wildman–Crippen LogP) is 4.49. The first-order valence-corrected chi connectivity index (χ1v) is 10.2. The maximum atomic E-state index is 12.5. The van der Waals surface area contributed by atoms with Crippen LogP contribution in [0.15, 0.2) is 78.9 Å². The largest absolute Gasteiger partial charge is 0.356 e. The van der Waals surface area contributed by atoms with Crippen LogP contribution in [0.25, 0.3) is 33.1 Å². The summed E-state index contributed by atoms with van der Waals surface area (Å²) in [6, 6.07) is 26.2. The molecule has 148 valence electrons.